The lowest BCUT2D eigenvalue weighted by Gasteiger charge is -2.20. The van der Waals surface area contributed by atoms with E-state index < -0.39 is 19.7 Å². The van der Waals surface area contributed by atoms with Crippen LogP contribution in [0.15, 0.2) is 0 Å². The van der Waals surface area contributed by atoms with Crippen molar-refractivity contribution in [2.24, 2.45) is 0 Å². The van der Waals surface area contributed by atoms with Gasteiger partial charge in [0.25, 0.3) is 0 Å². The minimum atomic E-state index is -3.71. The van der Waals surface area contributed by atoms with E-state index in [-0.39, 0.29) is 19.4 Å². The number of nitrogens with zero attached hydrogens (tertiary/aromatic N) is 1. The quantitative estimate of drug-likeness (QED) is 0.113. The maximum Gasteiger partial charge on any atom is 0.329 e. The molecule has 0 heterocycles. The average molecular weight is 480 g/mol. The summed E-state index contributed by atoms with van der Waals surface area (Å²) in [5.41, 5.74) is 0. The van der Waals surface area contributed by atoms with E-state index in [0.29, 0.717) is 13.2 Å². The summed E-state index contributed by atoms with van der Waals surface area (Å²) in [6, 6.07) is 0. The van der Waals surface area contributed by atoms with Gasteiger partial charge in [-0.05, 0) is 20.5 Å². The predicted octanol–water partition coefficient (Wildman–Crippen LogP) is 5.79. The SMILES string of the molecule is CCCCCCCCCCCCCCCOCC(COP(=O)(O)CCN(C)C)OC(C)=O. The lowest BCUT2D eigenvalue weighted by Crippen LogP contribution is -2.28. The van der Waals surface area contributed by atoms with Gasteiger partial charge in [-0.25, -0.2) is 0 Å². The molecule has 0 aromatic rings. The van der Waals surface area contributed by atoms with E-state index in [1.165, 1.54) is 77.6 Å². The summed E-state index contributed by atoms with van der Waals surface area (Å²) in [4.78, 5) is 23.0. The molecule has 2 unspecified atom stereocenters. The molecule has 0 spiro atoms. The second-order valence-corrected chi connectivity index (χ2v) is 11.0. The third-order valence-electron chi connectivity index (χ3n) is 5.32. The Morgan fingerprint density at radius 3 is 1.84 bits per heavy atom. The van der Waals surface area contributed by atoms with Crippen LogP contribution in [0.4, 0.5) is 0 Å². The first-order valence-electron chi connectivity index (χ1n) is 12.6. The second-order valence-electron chi connectivity index (χ2n) is 9.01. The fraction of sp³-hybridized carbons (Fsp3) is 0.958. The summed E-state index contributed by atoms with van der Waals surface area (Å²) in [6.45, 7) is 4.64. The topological polar surface area (TPSA) is 85.3 Å². The zero-order chi connectivity index (χ0) is 24.1. The molecule has 0 aromatic heterocycles. The second kappa shape index (κ2) is 21.1. The molecule has 192 valence electrons. The molecule has 0 amide bonds. The molecule has 0 aliphatic heterocycles. The molecule has 0 rings (SSSR count). The van der Waals surface area contributed by atoms with Crippen molar-refractivity contribution in [1.82, 2.24) is 4.90 Å². The van der Waals surface area contributed by atoms with Gasteiger partial charge < -0.3 is 23.8 Å². The van der Waals surface area contributed by atoms with Gasteiger partial charge in [-0.1, -0.05) is 84.0 Å². The highest BCUT2D eigenvalue weighted by atomic mass is 31.2. The smallest absolute Gasteiger partial charge is 0.329 e. The van der Waals surface area contributed by atoms with Crippen LogP contribution in [0.3, 0.4) is 0 Å². The monoisotopic (exact) mass is 479 g/mol. The molecule has 0 fully saturated rings. The van der Waals surface area contributed by atoms with Gasteiger partial charge in [0, 0.05) is 20.1 Å². The summed E-state index contributed by atoms with van der Waals surface area (Å²) in [7, 11) is -0.0562. The zero-order valence-electron chi connectivity index (χ0n) is 21.2. The van der Waals surface area contributed by atoms with Crippen LogP contribution >= 0.6 is 7.60 Å². The molecule has 0 bridgehead atoms. The van der Waals surface area contributed by atoms with Crippen molar-refractivity contribution in [1.29, 1.82) is 0 Å². The number of carbonyl (C=O) groups is 1. The number of hydrogen-bond acceptors (Lipinski definition) is 6. The molecule has 0 saturated carbocycles. The third-order valence-corrected chi connectivity index (χ3v) is 6.64. The fourth-order valence-corrected chi connectivity index (χ4v) is 4.56. The Kier molecular flexibility index (Phi) is 20.8. The normalized spacial score (nSPS) is 14.4. The van der Waals surface area contributed by atoms with Crippen molar-refractivity contribution in [2.75, 3.05) is 46.6 Å². The standard InChI is InChI=1S/C24H50NO6P/c1-5-6-7-8-9-10-11-12-13-14-15-16-17-19-29-21-24(31-23(2)26)22-30-32(27,28)20-18-25(3)4/h24H,5-22H2,1-4H3,(H,27,28). The van der Waals surface area contributed by atoms with Crippen molar-refractivity contribution in [3.8, 4) is 0 Å². The summed E-state index contributed by atoms with van der Waals surface area (Å²) in [5, 5.41) is 0. The first-order valence-corrected chi connectivity index (χ1v) is 14.4. The Balaban J connectivity index is 3.72. The van der Waals surface area contributed by atoms with E-state index >= 15 is 0 Å². The molecule has 0 radical (unpaired) electrons. The lowest BCUT2D eigenvalue weighted by molar-refractivity contribution is -0.151. The van der Waals surface area contributed by atoms with E-state index in [9.17, 15) is 14.3 Å². The van der Waals surface area contributed by atoms with Gasteiger partial charge in [0.2, 0.25) is 0 Å². The highest BCUT2D eigenvalue weighted by Gasteiger charge is 2.23. The Morgan fingerprint density at radius 2 is 1.38 bits per heavy atom. The minimum Gasteiger partial charge on any atom is -0.458 e. The van der Waals surface area contributed by atoms with Crippen LogP contribution in [0.25, 0.3) is 0 Å². The predicted molar refractivity (Wildman–Crippen MR) is 131 cm³/mol. The van der Waals surface area contributed by atoms with E-state index in [1.54, 1.807) is 0 Å². The van der Waals surface area contributed by atoms with Gasteiger partial charge in [-0.3, -0.25) is 9.36 Å². The lowest BCUT2D eigenvalue weighted by atomic mass is 10.0. The largest absolute Gasteiger partial charge is 0.458 e. The van der Waals surface area contributed by atoms with Gasteiger partial charge in [0.15, 0.2) is 0 Å². The molecule has 2 atom stereocenters. The molecule has 32 heavy (non-hydrogen) atoms. The first kappa shape index (κ1) is 31.5. The highest BCUT2D eigenvalue weighted by Crippen LogP contribution is 2.41. The Hall–Kier alpha value is -0.460. The fourth-order valence-electron chi connectivity index (χ4n) is 3.38. The summed E-state index contributed by atoms with van der Waals surface area (Å²) in [6.07, 6.45) is 16.2. The summed E-state index contributed by atoms with van der Waals surface area (Å²) < 4.78 is 28.0. The van der Waals surface area contributed by atoms with Crippen LogP contribution in [0.5, 0.6) is 0 Å². The van der Waals surface area contributed by atoms with Crippen molar-refractivity contribution < 1.29 is 28.3 Å². The van der Waals surface area contributed by atoms with Gasteiger partial charge >= 0.3 is 13.6 Å². The van der Waals surface area contributed by atoms with E-state index in [0.717, 1.165) is 12.8 Å². The maximum absolute atomic E-state index is 12.0. The van der Waals surface area contributed by atoms with E-state index in [2.05, 4.69) is 6.92 Å². The van der Waals surface area contributed by atoms with Crippen LogP contribution in [0.1, 0.15) is 97.3 Å². The van der Waals surface area contributed by atoms with Crippen molar-refractivity contribution in [3.05, 3.63) is 0 Å². The number of carbonyl (C=O) groups excluding carboxylic acids is 1. The third kappa shape index (κ3) is 22.7. The van der Waals surface area contributed by atoms with Gasteiger partial charge in [-0.15, -0.1) is 0 Å². The molecular weight excluding hydrogens is 429 g/mol. The average Bonchev–Trinajstić information content (AvgIpc) is 2.73. The molecule has 0 aliphatic rings. The van der Waals surface area contributed by atoms with Crippen LogP contribution in [-0.2, 0) is 23.4 Å². The van der Waals surface area contributed by atoms with Crippen molar-refractivity contribution in [3.63, 3.8) is 0 Å². The molecule has 8 heteroatoms. The zero-order valence-corrected chi connectivity index (χ0v) is 22.1. The Labute approximate surface area is 197 Å². The maximum atomic E-state index is 12.0. The number of esters is 1. The Bertz CT molecular complexity index is 489. The molecule has 1 N–H and O–H groups in total. The summed E-state index contributed by atoms with van der Waals surface area (Å²) >= 11 is 0. The number of ether oxygens (including phenoxy) is 2. The molecule has 7 nitrogen and oxygen atoms in total. The van der Waals surface area contributed by atoms with Crippen LogP contribution < -0.4 is 0 Å². The van der Waals surface area contributed by atoms with Gasteiger partial charge in [0.05, 0.1) is 19.4 Å². The minimum absolute atomic E-state index is 0.0343. The highest BCUT2D eigenvalue weighted by molar-refractivity contribution is 7.52. The first-order chi connectivity index (χ1) is 15.3. The molecule has 0 aromatic carbocycles. The van der Waals surface area contributed by atoms with Crippen LogP contribution in [0.2, 0.25) is 0 Å². The molecule has 0 saturated heterocycles. The van der Waals surface area contributed by atoms with Gasteiger partial charge in [0.1, 0.15) is 6.10 Å². The van der Waals surface area contributed by atoms with E-state index in [4.69, 9.17) is 14.0 Å². The van der Waals surface area contributed by atoms with Crippen LogP contribution in [0, 0.1) is 0 Å². The number of hydrogen-bond donors (Lipinski definition) is 1. The number of rotatable bonds is 23. The van der Waals surface area contributed by atoms with E-state index in [1.807, 2.05) is 19.0 Å². The van der Waals surface area contributed by atoms with Crippen LogP contribution in [-0.4, -0.2) is 68.5 Å². The molecular formula is C24H50NO6P. The Morgan fingerprint density at radius 1 is 0.875 bits per heavy atom. The van der Waals surface area contributed by atoms with Crippen molar-refractivity contribution >= 4 is 13.6 Å². The molecule has 0 aliphatic carbocycles. The van der Waals surface area contributed by atoms with Crippen molar-refractivity contribution in [2.45, 2.75) is 103 Å². The number of unbranched alkanes of at least 4 members (excludes halogenated alkanes) is 12. The summed E-state index contributed by atoms with van der Waals surface area (Å²) in [5.74, 6) is -0.454. The van der Waals surface area contributed by atoms with Gasteiger partial charge in [-0.2, -0.15) is 0 Å².